The molecule has 0 radical (unpaired) electrons. The molecule has 2 N–H and O–H groups in total. The number of sulfone groups is 1. The monoisotopic (exact) mass is 223 g/mol. The molecular formula is C9H21NO3S. The third-order valence-corrected chi connectivity index (χ3v) is 3.15. The van der Waals surface area contributed by atoms with E-state index in [2.05, 4.69) is 5.32 Å². The van der Waals surface area contributed by atoms with Crippen LogP contribution >= 0.6 is 0 Å². The van der Waals surface area contributed by atoms with Crippen molar-refractivity contribution in [2.24, 2.45) is 0 Å². The lowest BCUT2D eigenvalue weighted by Crippen LogP contribution is -2.40. The second-order valence-electron chi connectivity index (χ2n) is 3.78. The Morgan fingerprint density at radius 1 is 1.43 bits per heavy atom. The number of nitrogens with one attached hydrogen (secondary N) is 1. The summed E-state index contributed by atoms with van der Waals surface area (Å²) in [4.78, 5) is 0. The SMILES string of the molecule is CCC(CCO)NC(C)CS(C)(=O)=O. The van der Waals surface area contributed by atoms with Crippen molar-refractivity contribution in [2.45, 2.75) is 38.8 Å². The Morgan fingerprint density at radius 3 is 2.36 bits per heavy atom. The van der Waals surface area contributed by atoms with Crippen LogP contribution in [0.15, 0.2) is 0 Å². The van der Waals surface area contributed by atoms with Crippen molar-refractivity contribution < 1.29 is 13.5 Å². The number of hydrogen-bond acceptors (Lipinski definition) is 4. The van der Waals surface area contributed by atoms with E-state index in [1.54, 1.807) is 0 Å². The Morgan fingerprint density at radius 2 is 2.00 bits per heavy atom. The fourth-order valence-corrected chi connectivity index (χ4v) is 2.47. The van der Waals surface area contributed by atoms with Gasteiger partial charge in [0.05, 0.1) is 5.75 Å². The Bertz CT molecular complexity index is 238. The number of rotatable bonds is 7. The van der Waals surface area contributed by atoms with Gasteiger partial charge < -0.3 is 10.4 Å². The largest absolute Gasteiger partial charge is 0.396 e. The lowest BCUT2D eigenvalue weighted by atomic mass is 10.1. The standard InChI is InChI=1S/C9H21NO3S/c1-4-9(5-6-11)10-8(2)7-14(3,12)13/h8-11H,4-7H2,1-3H3. The topological polar surface area (TPSA) is 66.4 Å². The maximum atomic E-state index is 11.0. The molecule has 0 aromatic carbocycles. The van der Waals surface area contributed by atoms with Gasteiger partial charge in [0.1, 0.15) is 9.84 Å². The molecule has 0 saturated heterocycles. The molecule has 4 nitrogen and oxygen atoms in total. The summed E-state index contributed by atoms with van der Waals surface area (Å²) in [6.07, 6.45) is 2.80. The van der Waals surface area contributed by atoms with E-state index < -0.39 is 9.84 Å². The smallest absolute Gasteiger partial charge is 0.148 e. The Kier molecular flexibility index (Phi) is 6.31. The third kappa shape index (κ3) is 7.29. The molecule has 2 unspecified atom stereocenters. The van der Waals surface area contributed by atoms with Gasteiger partial charge in [-0.3, -0.25) is 0 Å². The highest BCUT2D eigenvalue weighted by Crippen LogP contribution is 2.00. The van der Waals surface area contributed by atoms with E-state index in [1.807, 2.05) is 13.8 Å². The van der Waals surface area contributed by atoms with Crippen LogP contribution in [0.1, 0.15) is 26.7 Å². The fraction of sp³-hybridized carbons (Fsp3) is 1.00. The third-order valence-electron chi connectivity index (χ3n) is 2.04. The minimum Gasteiger partial charge on any atom is -0.396 e. The summed E-state index contributed by atoms with van der Waals surface area (Å²) in [5.74, 6) is 0.148. The van der Waals surface area contributed by atoms with Crippen LogP contribution in [-0.4, -0.2) is 44.2 Å². The molecule has 0 bridgehead atoms. The van der Waals surface area contributed by atoms with E-state index in [4.69, 9.17) is 5.11 Å². The zero-order chi connectivity index (χ0) is 11.2. The summed E-state index contributed by atoms with van der Waals surface area (Å²) in [5.41, 5.74) is 0. The Balaban J connectivity index is 3.96. The van der Waals surface area contributed by atoms with Crippen molar-refractivity contribution in [2.75, 3.05) is 18.6 Å². The van der Waals surface area contributed by atoms with Crippen LogP contribution in [-0.2, 0) is 9.84 Å². The summed E-state index contributed by atoms with van der Waals surface area (Å²) in [6.45, 7) is 4.00. The fourth-order valence-electron chi connectivity index (χ4n) is 1.47. The van der Waals surface area contributed by atoms with E-state index >= 15 is 0 Å². The normalized spacial score (nSPS) is 16.6. The average Bonchev–Trinajstić information content (AvgIpc) is 2.00. The van der Waals surface area contributed by atoms with E-state index in [1.165, 1.54) is 6.26 Å². The quantitative estimate of drug-likeness (QED) is 0.646. The summed E-state index contributed by atoms with van der Waals surface area (Å²) in [5, 5.41) is 11.9. The highest BCUT2D eigenvalue weighted by Gasteiger charge is 2.13. The number of aliphatic hydroxyl groups is 1. The van der Waals surface area contributed by atoms with Crippen LogP contribution in [0.3, 0.4) is 0 Å². The molecule has 0 aliphatic heterocycles. The Hall–Kier alpha value is -0.130. The van der Waals surface area contributed by atoms with Gasteiger partial charge in [-0.25, -0.2) is 8.42 Å². The first-order valence-electron chi connectivity index (χ1n) is 4.93. The molecule has 0 fully saturated rings. The van der Waals surface area contributed by atoms with E-state index in [9.17, 15) is 8.42 Å². The van der Waals surface area contributed by atoms with Crippen LogP contribution in [0.2, 0.25) is 0 Å². The predicted octanol–water partition coefficient (Wildman–Crippen LogP) is 0.170. The molecule has 0 aliphatic carbocycles. The number of hydrogen-bond donors (Lipinski definition) is 2. The minimum absolute atomic E-state index is 0.0542. The van der Waals surface area contributed by atoms with E-state index in [0.29, 0.717) is 6.42 Å². The molecule has 0 aliphatic rings. The second kappa shape index (κ2) is 6.37. The maximum Gasteiger partial charge on any atom is 0.148 e. The van der Waals surface area contributed by atoms with Gasteiger partial charge in [-0.05, 0) is 19.8 Å². The van der Waals surface area contributed by atoms with Gasteiger partial charge in [0.2, 0.25) is 0 Å². The van der Waals surface area contributed by atoms with E-state index in [0.717, 1.165) is 6.42 Å². The maximum absolute atomic E-state index is 11.0. The summed E-state index contributed by atoms with van der Waals surface area (Å²) >= 11 is 0. The van der Waals surface area contributed by atoms with Crippen LogP contribution in [0.5, 0.6) is 0 Å². The molecule has 0 spiro atoms. The molecule has 0 aromatic rings. The van der Waals surface area contributed by atoms with Crippen molar-refractivity contribution in [3.05, 3.63) is 0 Å². The van der Waals surface area contributed by atoms with E-state index in [-0.39, 0.29) is 24.4 Å². The van der Waals surface area contributed by atoms with Crippen molar-refractivity contribution >= 4 is 9.84 Å². The van der Waals surface area contributed by atoms with Crippen molar-refractivity contribution in [1.29, 1.82) is 0 Å². The molecule has 0 rings (SSSR count). The molecule has 2 atom stereocenters. The average molecular weight is 223 g/mol. The lowest BCUT2D eigenvalue weighted by molar-refractivity contribution is 0.258. The Labute approximate surface area is 86.6 Å². The number of aliphatic hydroxyl groups excluding tert-OH is 1. The van der Waals surface area contributed by atoms with Gasteiger partial charge in [0, 0.05) is 24.9 Å². The van der Waals surface area contributed by atoms with Crippen LogP contribution < -0.4 is 5.32 Å². The van der Waals surface area contributed by atoms with Crippen LogP contribution in [0.25, 0.3) is 0 Å². The molecule has 0 heterocycles. The molecule has 0 saturated carbocycles. The summed E-state index contributed by atoms with van der Waals surface area (Å²) < 4.78 is 22.0. The molecule has 5 heteroatoms. The first kappa shape index (κ1) is 13.9. The highest BCUT2D eigenvalue weighted by molar-refractivity contribution is 7.90. The summed E-state index contributed by atoms with van der Waals surface area (Å²) in [7, 11) is -2.92. The van der Waals surface area contributed by atoms with Crippen molar-refractivity contribution in [3.8, 4) is 0 Å². The first-order valence-corrected chi connectivity index (χ1v) is 6.99. The van der Waals surface area contributed by atoms with Gasteiger partial charge in [0.25, 0.3) is 0 Å². The van der Waals surface area contributed by atoms with Gasteiger partial charge >= 0.3 is 0 Å². The predicted molar refractivity (Wildman–Crippen MR) is 58.1 cm³/mol. The first-order chi connectivity index (χ1) is 6.39. The van der Waals surface area contributed by atoms with Crippen molar-refractivity contribution in [3.63, 3.8) is 0 Å². The minimum atomic E-state index is -2.92. The zero-order valence-electron chi connectivity index (χ0n) is 9.16. The molecule has 86 valence electrons. The van der Waals surface area contributed by atoms with Crippen LogP contribution in [0.4, 0.5) is 0 Å². The molecule has 14 heavy (non-hydrogen) atoms. The summed E-state index contributed by atoms with van der Waals surface area (Å²) in [6, 6.07) is 0.151. The molecule has 0 aromatic heterocycles. The van der Waals surface area contributed by atoms with Gasteiger partial charge in [-0.2, -0.15) is 0 Å². The second-order valence-corrected chi connectivity index (χ2v) is 5.96. The highest BCUT2D eigenvalue weighted by atomic mass is 32.2. The van der Waals surface area contributed by atoms with Crippen LogP contribution in [0, 0.1) is 0 Å². The molecular weight excluding hydrogens is 202 g/mol. The van der Waals surface area contributed by atoms with Gasteiger partial charge in [0.15, 0.2) is 0 Å². The zero-order valence-corrected chi connectivity index (χ0v) is 9.97. The lowest BCUT2D eigenvalue weighted by Gasteiger charge is -2.20. The van der Waals surface area contributed by atoms with Crippen molar-refractivity contribution in [1.82, 2.24) is 5.32 Å². The molecule has 0 amide bonds. The van der Waals surface area contributed by atoms with Gasteiger partial charge in [-0.15, -0.1) is 0 Å². The van der Waals surface area contributed by atoms with Gasteiger partial charge in [-0.1, -0.05) is 6.92 Å².